The van der Waals surface area contributed by atoms with Crippen LogP contribution in [0.15, 0.2) is 0 Å². The molecule has 2 heteroatoms. The van der Waals surface area contributed by atoms with Crippen molar-refractivity contribution < 1.29 is 0 Å². The summed E-state index contributed by atoms with van der Waals surface area (Å²) in [7, 11) is 0. The van der Waals surface area contributed by atoms with E-state index in [9.17, 15) is 0 Å². The first-order chi connectivity index (χ1) is 6.70. The molecule has 2 saturated heterocycles. The van der Waals surface area contributed by atoms with Crippen molar-refractivity contribution >= 4 is 0 Å². The van der Waals surface area contributed by atoms with Gasteiger partial charge in [0.05, 0.1) is 0 Å². The summed E-state index contributed by atoms with van der Waals surface area (Å²) in [5.41, 5.74) is 0. The third-order valence-electron chi connectivity index (χ3n) is 3.86. The third kappa shape index (κ3) is 1.96. The van der Waals surface area contributed by atoms with Gasteiger partial charge in [-0.25, -0.2) is 0 Å². The molecule has 0 aromatic heterocycles. The lowest BCUT2D eigenvalue weighted by Gasteiger charge is -2.23. The van der Waals surface area contributed by atoms with E-state index in [0.29, 0.717) is 0 Å². The maximum absolute atomic E-state index is 2.66. The van der Waals surface area contributed by atoms with E-state index < -0.39 is 0 Å². The van der Waals surface area contributed by atoms with Gasteiger partial charge in [0, 0.05) is 32.2 Å². The van der Waals surface area contributed by atoms with Gasteiger partial charge >= 0.3 is 0 Å². The molecule has 2 aliphatic heterocycles. The number of hydrogen-bond acceptors (Lipinski definition) is 2. The van der Waals surface area contributed by atoms with Gasteiger partial charge < -0.3 is 9.80 Å². The number of hydrogen-bond donors (Lipinski definition) is 0. The summed E-state index contributed by atoms with van der Waals surface area (Å²) < 4.78 is 0. The molecular weight excluding hydrogens is 172 g/mol. The van der Waals surface area contributed by atoms with E-state index in [1.165, 1.54) is 39.1 Å². The third-order valence-corrected chi connectivity index (χ3v) is 3.86. The molecule has 0 spiro atoms. The van der Waals surface area contributed by atoms with Crippen molar-refractivity contribution in [3.8, 4) is 0 Å². The van der Waals surface area contributed by atoms with Crippen LogP contribution in [-0.4, -0.2) is 48.6 Å². The Hall–Kier alpha value is -0.0800. The Morgan fingerprint density at radius 1 is 1.07 bits per heavy atom. The zero-order valence-electron chi connectivity index (χ0n) is 9.87. The second-order valence-corrected chi connectivity index (χ2v) is 5.33. The average Bonchev–Trinajstić information content (AvgIpc) is 2.61. The molecule has 82 valence electrons. The van der Waals surface area contributed by atoms with Crippen LogP contribution in [0.3, 0.4) is 0 Å². The van der Waals surface area contributed by atoms with Gasteiger partial charge in [-0.05, 0) is 38.6 Å². The van der Waals surface area contributed by atoms with E-state index in [1.807, 2.05) is 0 Å². The fourth-order valence-electron chi connectivity index (χ4n) is 3.05. The topological polar surface area (TPSA) is 6.48 Å². The smallest absolute Gasteiger partial charge is 0.00388 e. The molecule has 2 rings (SSSR count). The molecule has 0 N–H and O–H groups in total. The average molecular weight is 196 g/mol. The monoisotopic (exact) mass is 196 g/mol. The van der Waals surface area contributed by atoms with Gasteiger partial charge in [0.25, 0.3) is 0 Å². The van der Waals surface area contributed by atoms with Crippen LogP contribution in [0.4, 0.5) is 0 Å². The molecule has 2 aliphatic rings. The first kappa shape index (κ1) is 10.4. The van der Waals surface area contributed by atoms with E-state index in [4.69, 9.17) is 0 Å². The molecule has 0 bridgehead atoms. The molecule has 2 heterocycles. The summed E-state index contributed by atoms with van der Waals surface area (Å²) in [5, 5.41) is 0. The molecule has 0 aromatic rings. The van der Waals surface area contributed by atoms with Crippen LogP contribution < -0.4 is 0 Å². The van der Waals surface area contributed by atoms with Crippen LogP contribution in [0.1, 0.15) is 27.2 Å². The van der Waals surface area contributed by atoms with Crippen LogP contribution in [0.2, 0.25) is 0 Å². The van der Waals surface area contributed by atoms with Crippen LogP contribution in [0.25, 0.3) is 0 Å². The molecule has 2 atom stereocenters. The molecule has 2 fully saturated rings. The Kier molecular flexibility index (Phi) is 3.13. The van der Waals surface area contributed by atoms with Gasteiger partial charge in [-0.1, -0.05) is 6.92 Å². The number of likely N-dealkylation sites (tertiary alicyclic amines) is 2. The van der Waals surface area contributed by atoms with Crippen molar-refractivity contribution in [2.24, 2.45) is 11.8 Å². The summed E-state index contributed by atoms with van der Waals surface area (Å²) in [6, 6.07) is 0.750. The van der Waals surface area contributed by atoms with Gasteiger partial charge in [-0.2, -0.15) is 0 Å². The standard InChI is InChI=1S/C12H24N2/c1-4-5-13-6-11-8-14(10(2)3)9-12(11)7-13/h10-12H,4-9H2,1-3H3/t11-,12+. The first-order valence-electron chi connectivity index (χ1n) is 6.17. The van der Waals surface area contributed by atoms with Crippen LogP contribution in [0, 0.1) is 11.8 Å². The Bertz CT molecular complexity index is 177. The molecular formula is C12H24N2. The normalized spacial score (nSPS) is 34.3. The largest absolute Gasteiger partial charge is 0.303 e. The molecule has 0 radical (unpaired) electrons. The highest BCUT2D eigenvalue weighted by Gasteiger charge is 2.39. The summed E-state index contributed by atoms with van der Waals surface area (Å²) in [4.78, 5) is 5.31. The summed E-state index contributed by atoms with van der Waals surface area (Å²) in [5.74, 6) is 1.95. The molecule has 14 heavy (non-hydrogen) atoms. The Morgan fingerprint density at radius 2 is 1.64 bits per heavy atom. The molecule has 2 nitrogen and oxygen atoms in total. The lowest BCUT2D eigenvalue weighted by atomic mass is 10.0. The summed E-state index contributed by atoms with van der Waals surface area (Å²) in [6.07, 6.45) is 1.31. The molecule has 0 aliphatic carbocycles. The predicted molar refractivity (Wildman–Crippen MR) is 60.4 cm³/mol. The van der Waals surface area contributed by atoms with Gasteiger partial charge in [-0.15, -0.1) is 0 Å². The lowest BCUT2D eigenvalue weighted by Crippen LogP contribution is -2.33. The van der Waals surface area contributed by atoms with E-state index >= 15 is 0 Å². The Morgan fingerprint density at radius 3 is 2.07 bits per heavy atom. The van der Waals surface area contributed by atoms with Crippen molar-refractivity contribution in [3.05, 3.63) is 0 Å². The summed E-state index contributed by atoms with van der Waals surface area (Å²) >= 11 is 0. The lowest BCUT2D eigenvalue weighted by molar-refractivity contribution is 0.223. The van der Waals surface area contributed by atoms with Crippen molar-refractivity contribution in [1.82, 2.24) is 9.80 Å². The van der Waals surface area contributed by atoms with Gasteiger partial charge in [-0.3, -0.25) is 0 Å². The highest BCUT2D eigenvalue weighted by molar-refractivity contribution is 4.93. The second kappa shape index (κ2) is 4.19. The molecule has 0 unspecified atom stereocenters. The predicted octanol–water partition coefficient (Wildman–Crippen LogP) is 1.67. The second-order valence-electron chi connectivity index (χ2n) is 5.33. The maximum atomic E-state index is 2.66. The van der Waals surface area contributed by atoms with Crippen molar-refractivity contribution in [2.75, 3.05) is 32.7 Å². The van der Waals surface area contributed by atoms with Crippen LogP contribution >= 0.6 is 0 Å². The first-order valence-corrected chi connectivity index (χ1v) is 6.17. The SMILES string of the molecule is CCCN1C[C@@H]2CN(C(C)C)C[C@@H]2C1. The molecule has 0 saturated carbocycles. The van der Waals surface area contributed by atoms with E-state index in [2.05, 4.69) is 30.6 Å². The minimum atomic E-state index is 0.750. The zero-order chi connectivity index (χ0) is 10.1. The minimum absolute atomic E-state index is 0.750. The van der Waals surface area contributed by atoms with Crippen LogP contribution in [-0.2, 0) is 0 Å². The van der Waals surface area contributed by atoms with Crippen LogP contribution in [0.5, 0.6) is 0 Å². The van der Waals surface area contributed by atoms with Gasteiger partial charge in [0.15, 0.2) is 0 Å². The van der Waals surface area contributed by atoms with Gasteiger partial charge in [0.2, 0.25) is 0 Å². The zero-order valence-corrected chi connectivity index (χ0v) is 9.87. The fraction of sp³-hybridized carbons (Fsp3) is 1.00. The molecule has 0 aromatic carbocycles. The number of rotatable bonds is 3. The van der Waals surface area contributed by atoms with E-state index in [1.54, 1.807) is 0 Å². The van der Waals surface area contributed by atoms with Crippen molar-refractivity contribution in [3.63, 3.8) is 0 Å². The van der Waals surface area contributed by atoms with E-state index in [-0.39, 0.29) is 0 Å². The summed E-state index contributed by atoms with van der Waals surface area (Å²) in [6.45, 7) is 13.7. The highest BCUT2D eigenvalue weighted by Crippen LogP contribution is 2.31. The minimum Gasteiger partial charge on any atom is -0.303 e. The number of nitrogens with zero attached hydrogens (tertiary/aromatic N) is 2. The maximum Gasteiger partial charge on any atom is 0.00388 e. The van der Waals surface area contributed by atoms with Crippen molar-refractivity contribution in [2.45, 2.75) is 33.2 Å². The van der Waals surface area contributed by atoms with E-state index in [0.717, 1.165) is 17.9 Å². The Labute approximate surface area is 88.3 Å². The quantitative estimate of drug-likeness (QED) is 0.677. The van der Waals surface area contributed by atoms with Crippen molar-refractivity contribution in [1.29, 1.82) is 0 Å². The van der Waals surface area contributed by atoms with Gasteiger partial charge in [0.1, 0.15) is 0 Å². The highest BCUT2D eigenvalue weighted by atomic mass is 15.2. The fourth-order valence-corrected chi connectivity index (χ4v) is 3.05. The molecule has 0 amide bonds. The Balaban J connectivity index is 1.84. The number of fused-ring (bicyclic) bond motifs is 1.